The second-order valence-electron chi connectivity index (χ2n) is 2.18. The van der Waals surface area contributed by atoms with Crippen LogP contribution < -0.4 is 0 Å². The summed E-state index contributed by atoms with van der Waals surface area (Å²) in [6.45, 7) is 3.59. The highest BCUT2D eigenvalue weighted by molar-refractivity contribution is 6.61. The summed E-state index contributed by atoms with van der Waals surface area (Å²) in [5.41, 5.74) is -0.910. The van der Waals surface area contributed by atoms with Crippen LogP contribution in [0.1, 0.15) is 20.3 Å². The second kappa shape index (κ2) is 5.83. The number of carbonyl (C=O) groups is 2. The second-order valence-corrected chi connectivity index (χ2v) is 2.48. The summed E-state index contributed by atoms with van der Waals surface area (Å²) < 4.78 is 9.11. The molecule has 0 aliphatic heterocycles. The molecule has 0 radical (unpaired) electrons. The molecule has 0 aromatic heterocycles. The Hall–Kier alpha value is -0.770. The van der Waals surface area contributed by atoms with E-state index in [4.69, 9.17) is 11.6 Å². The summed E-state index contributed by atoms with van der Waals surface area (Å²) >= 11 is 4.92. The van der Waals surface area contributed by atoms with Gasteiger partial charge in [-0.25, -0.2) is 4.79 Å². The molecule has 0 saturated heterocycles. The zero-order chi connectivity index (χ0) is 9.56. The minimum absolute atomic E-state index is 0.0340. The van der Waals surface area contributed by atoms with E-state index in [1.807, 2.05) is 0 Å². The van der Waals surface area contributed by atoms with Gasteiger partial charge in [-0.2, -0.15) is 0 Å². The zero-order valence-electron chi connectivity index (χ0n) is 7.00. The van der Waals surface area contributed by atoms with E-state index in [2.05, 4.69) is 9.47 Å². The third-order valence-corrected chi connectivity index (χ3v) is 1.14. The Kier molecular flexibility index (Phi) is 5.45. The van der Waals surface area contributed by atoms with Gasteiger partial charge in [-0.15, -0.1) is 0 Å². The van der Waals surface area contributed by atoms with Gasteiger partial charge in [-0.1, -0.05) is 0 Å². The van der Waals surface area contributed by atoms with Crippen molar-refractivity contribution in [2.45, 2.75) is 26.4 Å². The fourth-order valence-electron chi connectivity index (χ4n) is 0.654. The average molecular weight is 195 g/mol. The maximum Gasteiger partial charge on any atom is 0.404 e. The number of rotatable bonds is 4. The van der Waals surface area contributed by atoms with Gasteiger partial charge in [0.2, 0.25) is 0 Å². The number of ether oxygens (including phenoxy) is 2. The lowest BCUT2D eigenvalue weighted by Gasteiger charge is -2.08. The molecule has 0 spiro atoms. The van der Waals surface area contributed by atoms with Gasteiger partial charge in [0, 0.05) is 11.6 Å². The first-order valence-electron chi connectivity index (χ1n) is 3.58. The van der Waals surface area contributed by atoms with Crippen LogP contribution in [0, 0.1) is 0 Å². The Balaban J connectivity index is 3.61. The molecule has 4 nitrogen and oxygen atoms in total. The number of carbonyl (C=O) groups excluding carboxylic acids is 2. The molecule has 0 fully saturated rings. The van der Waals surface area contributed by atoms with E-state index in [0.717, 1.165) is 0 Å². The third kappa shape index (κ3) is 5.97. The lowest BCUT2D eigenvalue weighted by Crippen LogP contribution is -2.17. The summed E-state index contributed by atoms with van der Waals surface area (Å²) in [5, 5.41) is 0. The number of halogens is 1. The SMILES string of the molecule is CCOC(=O)C[C@H](C)OC(=O)Cl. The van der Waals surface area contributed by atoms with Gasteiger partial charge in [-0.3, -0.25) is 4.79 Å². The molecular formula is C7H11ClO4. The van der Waals surface area contributed by atoms with Crippen molar-refractivity contribution in [3.8, 4) is 0 Å². The van der Waals surface area contributed by atoms with Crippen molar-refractivity contribution in [1.82, 2.24) is 0 Å². The molecule has 0 aromatic carbocycles. The molecule has 5 heteroatoms. The number of esters is 1. The lowest BCUT2D eigenvalue weighted by atomic mass is 10.3. The van der Waals surface area contributed by atoms with Gasteiger partial charge in [0.25, 0.3) is 0 Å². The van der Waals surface area contributed by atoms with Crippen molar-refractivity contribution in [2.75, 3.05) is 6.61 Å². The van der Waals surface area contributed by atoms with Crippen LogP contribution in [0.15, 0.2) is 0 Å². The highest BCUT2D eigenvalue weighted by Gasteiger charge is 2.12. The Morgan fingerprint density at radius 3 is 2.50 bits per heavy atom. The molecule has 0 unspecified atom stereocenters. The maximum absolute atomic E-state index is 10.8. The third-order valence-electron chi connectivity index (χ3n) is 1.05. The predicted molar refractivity (Wildman–Crippen MR) is 43.0 cm³/mol. The molecule has 70 valence electrons. The van der Waals surface area contributed by atoms with Crippen molar-refractivity contribution >= 4 is 23.0 Å². The van der Waals surface area contributed by atoms with Crippen molar-refractivity contribution in [3.63, 3.8) is 0 Å². The Labute approximate surface area is 75.8 Å². The zero-order valence-corrected chi connectivity index (χ0v) is 7.76. The van der Waals surface area contributed by atoms with Crippen molar-refractivity contribution in [1.29, 1.82) is 0 Å². The van der Waals surface area contributed by atoms with Gasteiger partial charge in [0.15, 0.2) is 0 Å². The van der Waals surface area contributed by atoms with Crippen LogP contribution in [-0.4, -0.2) is 24.1 Å². The Morgan fingerprint density at radius 2 is 2.08 bits per heavy atom. The smallest absolute Gasteiger partial charge is 0.404 e. The molecule has 0 saturated carbocycles. The van der Waals surface area contributed by atoms with E-state index >= 15 is 0 Å². The molecule has 0 aromatic rings. The highest BCUT2D eigenvalue weighted by Crippen LogP contribution is 2.02. The van der Waals surface area contributed by atoms with Crippen LogP contribution in [0.25, 0.3) is 0 Å². The molecule has 0 aliphatic rings. The largest absolute Gasteiger partial charge is 0.466 e. The van der Waals surface area contributed by atoms with Crippen LogP contribution in [0.2, 0.25) is 0 Å². The summed E-state index contributed by atoms with van der Waals surface area (Å²) in [4.78, 5) is 21.0. The molecule has 0 aliphatic carbocycles. The van der Waals surface area contributed by atoms with Crippen LogP contribution in [0.3, 0.4) is 0 Å². The summed E-state index contributed by atoms with van der Waals surface area (Å²) in [6.07, 6.45) is -0.499. The number of hydrogen-bond donors (Lipinski definition) is 0. The minimum atomic E-state index is -0.910. The van der Waals surface area contributed by atoms with E-state index < -0.39 is 17.5 Å². The predicted octanol–water partition coefficient (Wildman–Crippen LogP) is 1.70. The summed E-state index contributed by atoms with van der Waals surface area (Å²) in [5.74, 6) is -0.400. The molecule has 0 N–H and O–H groups in total. The first-order chi connectivity index (χ1) is 5.56. The topological polar surface area (TPSA) is 52.6 Å². The highest BCUT2D eigenvalue weighted by atomic mass is 35.5. The first-order valence-corrected chi connectivity index (χ1v) is 3.95. The Morgan fingerprint density at radius 1 is 1.50 bits per heavy atom. The summed E-state index contributed by atoms with van der Waals surface area (Å²) in [6, 6.07) is 0. The lowest BCUT2D eigenvalue weighted by molar-refractivity contribution is -0.144. The molecule has 0 amide bonds. The average Bonchev–Trinajstić information content (AvgIpc) is 1.84. The van der Waals surface area contributed by atoms with Crippen molar-refractivity contribution in [2.24, 2.45) is 0 Å². The molecule has 0 bridgehead atoms. The molecule has 12 heavy (non-hydrogen) atoms. The van der Waals surface area contributed by atoms with E-state index in [1.54, 1.807) is 13.8 Å². The van der Waals surface area contributed by atoms with Crippen molar-refractivity contribution < 1.29 is 19.1 Å². The van der Waals surface area contributed by atoms with Gasteiger partial charge < -0.3 is 9.47 Å². The van der Waals surface area contributed by atoms with E-state index in [9.17, 15) is 9.59 Å². The molecular weight excluding hydrogens is 184 g/mol. The van der Waals surface area contributed by atoms with Crippen LogP contribution in [-0.2, 0) is 14.3 Å². The van der Waals surface area contributed by atoms with Gasteiger partial charge in [0.05, 0.1) is 13.0 Å². The standard InChI is InChI=1S/C7H11ClO4/c1-3-11-6(9)4-5(2)12-7(8)10/h5H,3-4H2,1-2H3/t5-/m0/s1. The molecule has 1 atom stereocenters. The fraction of sp³-hybridized carbons (Fsp3) is 0.714. The Bertz CT molecular complexity index is 169. The maximum atomic E-state index is 10.8. The molecule has 0 rings (SSSR count). The van der Waals surface area contributed by atoms with E-state index in [0.29, 0.717) is 6.61 Å². The van der Waals surface area contributed by atoms with E-state index in [1.165, 1.54) is 0 Å². The van der Waals surface area contributed by atoms with Gasteiger partial charge in [0.1, 0.15) is 6.10 Å². The van der Waals surface area contributed by atoms with Crippen LogP contribution in [0.4, 0.5) is 4.79 Å². The van der Waals surface area contributed by atoms with Crippen LogP contribution >= 0.6 is 11.6 Å². The quantitative estimate of drug-likeness (QED) is 0.505. The van der Waals surface area contributed by atoms with Gasteiger partial charge >= 0.3 is 11.4 Å². The normalized spacial score (nSPS) is 11.9. The van der Waals surface area contributed by atoms with Gasteiger partial charge in [-0.05, 0) is 13.8 Å². The van der Waals surface area contributed by atoms with Crippen LogP contribution in [0.5, 0.6) is 0 Å². The first kappa shape index (κ1) is 11.2. The molecule has 0 heterocycles. The van der Waals surface area contributed by atoms with E-state index in [-0.39, 0.29) is 6.42 Å². The fourth-order valence-corrected chi connectivity index (χ4v) is 0.807. The van der Waals surface area contributed by atoms with Crippen molar-refractivity contribution in [3.05, 3.63) is 0 Å². The number of hydrogen-bond acceptors (Lipinski definition) is 4. The summed E-state index contributed by atoms with van der Waals surface area (Å²) in [7, 11) is 0. The minimum Gasteiger partial charge on any atom is -0.466 e. The monoisotopic (exact) mass is 194 g/mol.